The lowest BCUT2D eigenvalue weighted by Gasteiger charge is -2.33. The first kappa shape index (κ1) is 27.4. The van der Waals surface area contributed by atoms with Gasteiger partial charge in [-0.1, -0.05) is 60.7 Å². The molecule has 2 unspecified atom stereocenters. The summed E-state index contributed by atoms with van der Waals surface area (Å²) in [5.74, 6) is -0.973. The minimum Gasteiger partial charge on any atom is -0.444 e. The highest BCUT2D eigenvalue weighted by atomic mass is 16.6. The molecule has 35 heavy (non-hydrogen) atoms. The number of hydrogen-bond acceptors (Lipinski definition) is 5. The van der Waals surface area contributed by atoms with E-state index in [0.717, 1.165) is 5.56 Å². The lowest BCUT2D eigenvalue weighted by atomic mass is 10.00. The molecule has 0 heterocycles. The smallest absolute Gasteiger partial charge is 0.408 e. The summed E-state index contributed by atoms with van der Waals surface area (Å²) in [7, 11) is 0. The van der Waals surface area contributed by atoms with E-state index in [2.05, 4.69) is 10.6 Å². The van der Waals surface area contributed by atoms with Gasteiger partial charge < -0.3 is 20.3 Å². The largest absolute Gasteiger partial charge is 0.444 e. The summed E-state index contributed by atoms with van der Waals surface area (Å²) in [6, 6.07) is 17.7. The number of alkyl carbamates (subject to hydrolysis) is 1. The number of ether oxygens (including phenoxy) is 1. The number of hydrogen-bond donors (Lipinski definition) is 2. The van der Waals surface area contributed by atoms with Crippen LogP contribution < -0.4 is 10.6 Å². The van der Waals surface area contributed by atoms with Crippen molar-refractivity contribution in [2.24, 2.45) is 0 Å². The molecule has 2 N–H and O–H groups in total. The fourth-order valence-corrected chi connectivity index (χ4v) is 3.54. The Morgan fingerprint density at radius 3 is 2.06 bits per heavy atom. The first-order chi connectivity index (χ1) is 16.5. The van der Waals surface area contributed by atoms with Crippen molar-refractivity contribution in [3.63, 3.8) is 0 Å². The molecule has 0 fully saturated rings. The van der Waals surface area contributed by atoms with Gasteiger partial charge in [0.05, 0.1) is 6.07 Å². The average molecular weight is 479 g/mol. The van der Waals surface area contributed by atoms with Crippen LogP contribution in [0, 0.1) is 11.3 Å². The van der Waals surface area contributed by atoms with E-state index in [-0.39, 0.29) is 19.0 Å². The summed E-state index contributed by atoms with van der Waals surface area (Å²) < 4.78 is 5.38. The van der Waals surface area contributed by atoms with Crippen LogP contribution in [-0.2, 0) is 20.7 Å². The second-order valence-corrected chi connectivity index (χ2v) is 9.49. The van der Waals surface area contributed by atoms with Gasteiger partial charge in [0, 0.05) is 12.5 Å². The van der Waals surface area contributed by atoms with Gasteiger partial charge in [-0.15, -0.1) is 0 Å². The molecule has 0 bridgehead atoms. The van der Waals surface area contributed by atoms with E-state index in [1.165, 1.54) is 4.90 Å². The van der Waals surface area contributed by atoms with E-state index in [4.69, 9.17) is 4.74 Å². The molecule has 0 saturated heterocycles. The number of amides is 3. The van der Waals surface area contributed by atoms with E-state index in [1.54, 1.807) is 51.1 Å². The summed E-state index contributed by atoms with van der Waals surface area (Å²) in [4.78, 5) is 40.9. The van der Waals surface area contributed by atoms with Gasteiger partial charge in [0.2, 0.25) is 11.8 Å². The lowest BCUT2D eigenvalue weighted by Crippen LogP contribution is -2.54. The van der Waals surface area contributed by atoms with E-state index in [0.29, 0.717) is 5.56 Å². The third kappa shape index (κ3) is 8.78. The minimum absolute atomic E-state index is 0.161. The van der Waals surface area contributed by atoms with Crippen LogP contribution in [0.5, 0.6) is 0 Å². The summed E-state index contributed by atoms with van der Waals surface area (Å²) in [5, 5.41) is 15.1. The van der Waals surface area contributed by atoms with Crippen molar-refractivity contribution in [2.75, 3.05) is 6.54 Å². The molecule has 186 valence electrons. The van der Waals surface area contributed by atoms with Gasteiger partial charge in [0.1, 0.15) is 24.2 Å². The minimum atomic E-state index is -1.06. The highest BCUT2D eigenvalue weighted by molar-refractivity contribution is 5.92. The topological polar surface area (TPSA) is 112 Å². The Balaban J connectivity index is 2.47. The molecule has 8 heteroatoms. The summed E-state index contributed by atoms with van der Waals surface area (Å²) in [5.41, 5.74) is 0.604. The van der Waals surface area contributed by atoms with Crippen LogP contribution in [0.4, 0.5) is 4.79 Å². The molecule has 0 aliphatic carbocycles. The van der Waals surface area contributed by atoms with Crippen LogP contribution in [-0.4, -0.2) is 47.0 Å². The number of nitriles is 1. The Hall–Kier alpha value is -3.86. The fourth-order valence-electron chi connectivity index (χ4n) is 3.54. The van der Waals surface area contributed by atoms with Crippen LogP contribution in [0.3, 0.4) is 0 Å². The molecule has 0 saturated carbocycles. The maximum atomic E-state index is 13.9. The Kier molecular flexibility index (Phi) is 9.83. The third-order valence-corrected chi connectivity index (χ3v) is 4.90. The molecule has 0 radical (unpaired) electrons. The third-order valence-electron chi connectivity index (χ3n) is 4.90. The Morgan fingerprint density at radius 1 is 0.971 bits per heavy atom. The van der Waals surface area contributed by atoms with Gasteiger partial charge in [0.25, 0.3) is 0 Å². The van der Waals surface area contributed by atoms with Crippen LogP contribution in [0.2, 0.25) is 0 Å². The first-order valence-electron chi connectivity index (χ1n) is 11.6. The van der Waals surface area contributed by atoms with Gasteiger partial charge in [0.15, 0.2) is 0 Å². The standard InChI is InChI=1S/C27H34N4O4/c1-19(2)29-24(32)23(21-14-10-7-11-15-21)31(17-16-28)25(33)22(18-20-12-8-6-9-13-20)30-26(34)35-27(3,4)5/h6-15,19,22-23H,17-18H2,1-5H3,(H,29,32)(H,30,34). The second-order valence-electron chi connectivity index (χ2n) is 9.49. The zero-order valence-corrected chi connectivity index (χ0v) is 20.9. The predicted octanol–water partition coefficient (Wildman–Crippen LogP) is 3.74. The molecule has 2 rings (SSSR count). The highest BCUT2D eigenvalue weighted by Crippen LogP contribution is 2.23. The first-order valence-corrected chi connectivity index (χ1v) is 11.6. The number of benzene rings is 2. The molecular formula is C27H34N4O4. The SMILES string of the molecule is CC(C)NC(=O)C(c1ccccc1)N(CC#N)C(=O)C(Cc1ccccc1)NC(=O)OC(C)(C)C. The number of carbonyl (C=O) groups excluding carboxylic acids is 3. The number of carbonyl (C=O) groups is 3. The molecule has 0 spiro atoms. The Morgan fingerprint density at radius 2 is 1.54 bits per heavy atom. The molecule has 0 aliphatic rings. The monoisotopic (exact) mass is 478 g/mol. The average Bonchev–Trinajstić information content (AvgIpc) is 2.77. The summed E-state index contributed by atoms with van der Waals surface area (Å²) in [6.07, 6.45) is -0.597. The molecule has 8 nitrogen and oxygen atoms in total. The predicted molar refractivity (Wildman–Crippen MR) is 133 cm³/mol. The molecule has 2 atom stereocenters. The maximum absolute atomic E-state index is 13.9. The lowest BCUT2D eigenvalue weighted by molar-refractivity contribution is -0.142. The van der Waals surface area contributed by atoms with Crippen molar-refractivity contribution in [3.8, 4) is 6.07 Å². The van der Waals surface area contributed by atoms with Gasteiger partial charge in [-0.2, -0.15) is 5.26 Å². The highest BCUT2D eigenvalue weighted by Gasteiger charge is 2.36. The second kappa shape index (κ2) is 12.6. The maximum Gasteiger partial charge on any atom is 0.408 e. The molecule has 2 aromatic rings. The number of nitrogens with one attached hydrogen (secondary N) is 2. The van der Waals surface area contributed by atoms with E-state index in [9.17, 15) is 19.6 Å². The van der Waals surface area contributed by atoms with E-state index in [1.807, 2.05) is 50.2 Å². The van der Waals surface area contributed by atoms with Crippen molar-refractivity contribution < 1.29 is 19.1 Å². The van der Waals surface area contributed by atoms with E-state index >= 15 is 0 Å². The van der Waals surface area contributed by atoms with E-state index < -0.39 is 35.6 Å². The zero-order valence-electron chi connectivity index (χ0n) is 20.9. The van der Waals surface area contributed by atoms with Gasteiger partial charge >= 0.3 is 6.09 Å². The Bertz CT molecular complexity index is 1030. The van der Waals surface area contributed by atoms with Crippen LogP contribution in [0.15, 0.2) is 60.7 Å². The fraction of sp³-hybridized carbons (Fsp3) is 0.407. The van der Waals surface area contributed by atoms with Crippen LogP contribution >= 0.6 is 0 Å². The van der Waals surface area contributed by atoms with Crippen LogP contribution in [0.1, 0.15) is 51.8 Å². The van der Waals surface area contributed by atoms with Crippen molar-refractivity contribution in [1.82, 2.24) is 15.5 Å². The normalized spacial score (nSPS) is 12.7. The van der Waals surface area contributed by atoms with Gasteiger partial charge in [-0.25, -0.2) is 4.79 Å². The van der Waals surface area contributed by atoms with Gasteiger partial charge in [-0.05, 0) is 45.7 Å². The van der Waals surface area contributed by atoms with Crippen molar-refractivity contribution >= 4 is 17.9 Å². The number of nitrogens with zero attached hydrogens (tertiary/aromatic N) is 2. The molecule has 3 amide bonds. The molecule has 2 aromatic carbocycles. The summed E-state index contributed by atoms with van der Waals surface area (Å²) >= 11 is 0. The molecule has 0 aromatic heterocycles. The van der Waals surface area contributed by atoms with Gasteiger partial charge in [-0.3, -0.25) is 9.59 Å². The number of rotatable bonds is 9. The molecular weight excluding hydrogens is 444 g/mol. The zero-order chi connectivity index (χ0) is 26.0. The molecule has 0 aliphatic heterocycles. The van der Waals surface area contributed by atoms with Crippen molar-refractivity contribution in [2.45, 2.75) is 64.8 Å². The summed E-state index contributed by atoms with van der Waals surface area (Å²) in [6.45, 7) is 8.47. The quantitative estimate of drug-likeness (QED) is 0.533. The van der Waals surface area contributed by atoms with Crippen molar-refractivity contribution in [1.29, 1.82) is 5.26 Å². The van der Waals surface area contributed by atoms with Crippen LogP contribution in [0.25, 0.3) is 0 Å². The Labute approximate surface area is 207 Å². The van der Waals surface area contributed by atoms with Crippen molar-refractivity contribution in [3.05, 3.63) is 71.8 Å².